The van der Waals surface area contributed by atoms with E-state index in [9.17, 15) is 0 Å². The van der Waals surface area contributed by atoms with Crippen LogP contribution in [0.3, 0.4) is 0 Å². The Hall–Kier alpha value is -0.540. The molecule has 1 heterocycles. The predicted octanol–water partition coefficient (Wildman–Crippen LogP) is 3.53. The van der Waals surface area contributed by atoms with Crippen LogP contribution in [0.25, 0.3) is 0 Å². The van der Waals surface area contributed by atoms with Crippen LogP contribution >= 0.6 is 11.8 Å². The first-order chi connectivity index (χ1) is 7.77. The Balaban J connectivity index is 2.07. The SMILES string of the molecule is C[C@@H](N)c1cccnc1SC1CCCCC1. The first kappa shape index (κ1) is 11.9. The molecular formula is C13H20N2S. The number of hydrogen-bond donors (Lipinski definition) is 1. The molecule has 3 heteroatoms. The Morgan fingerprint density at radius 1 is 1.38 bits per heavy atom. The molecule has 16 heavy (non-hydrogen) atoms. The highest BCUT2D eigenvalue weighted by Crippen LogP contribution is 2.35. The van der Waals surface area contributed by atoms with Crippen LogP contribution in [0.15, 0.2) is 23.4 Å². The van der Waals surface area contributed by atoms with E-state index in [1.807, 2.05) is 30.9 Å². The van der Waals surface area contributed by atoms with E-state index in [-0.39, 0.29) is 6.04 Å². The van der Waals surface area contributed by atoms with Crippen molar-refractivity contribution >= 4 is 11.8 Å². The van der Waals surface area contributed by atoms with Gasteiger partial charge in [-0.15, -0.1) is 11.8 Å². The van der Waals surface area contributed by atoms with Crippen molar-refractivity contribution in [3.05, 3.63) is 23.9 Å². The van der Waals surface area contributed by atoms with Gasteiger partial charge in [-0.1, -0.05) is 25.3 Å². The van der Waals surface area contributed by atoms with E-state index in [1.54, 1.807) is 0 Å². The van der Waals surface area contributed by atoms with Gasteiger partial charge in [-0.25, -0.2) is 4.98 Å². The lowest BCUT2D eigenvalue weighted by Crippen LogP contribution is -2.11. The third-order valence-corrected chi connectivity index (χ3v) is 4.49. The highest BCUT2D eigenvalue weighted by molar-refractivity contribution is 7.99. The van der Waals surface area contributed by atoms with Crippen LogP contribution in [0, 0.1) is 0 Å². The lowest BCUT2D eigenvalue weighted by molar-refractivity contribution is 0.515. The van der Waals surface area contributed by atoms with Crippen LogP contribution in [-0.4, -0.2) is 10.2 Å². The Morgan fingerprint density at radius 2 is 2.12 bits per heavy atom. The smallest absolute Gasteiger partial charge is 0.101 e. The summed E-state index contributed by atoms with van der Waals surface area (Å²) in [5, 5.41) is 1.89. The van der Waals surface area contributed by atoms with Gasteiger partial charge in [-0.3, -0.25) is 0 Å². The van der Waals surface area contributed by atoms with Gasteiger partial charge >= 0.3 is 0 Å². The average molecular weight is 236 g/mol. The van der Waals surface area contributed by atoms with Crippen molar-refractivity contribution < 1.29 is 0 Å². The number of nitrogens with two attached hydrogens (primary N) is 1. The van der Waals surface area contributed by atoms with E-state index in [0.717, 1.165) is 10.3 Å². The van der Waals surface area contributed by atoms with Crippen LogP contribution in [0.2, 0.25) is 0 Å². The molecule has 1 atom stereocenters. The van der Waals surface area contributed by atoms with Gasteiger partial charge < -0.3 is 5.73 Å². The number of thioether (sulfide) groups is 1. The van der Waals surface area contributed by atoms with Crippen molar-refractivity contribution in [3.63, 3.8) is 0 Å². The predicted molar refractivity (Wildman–Crippen MR) is 69.6 cm³/mol. The van der Waals surface area contributed by atoms with Crippen molar-refractivity contribution in [3.8, 4) is 0 Å². The van der Waals surface area contributed by atoms with Crippen molar-refractivity contribution in [2.24, 2.45) is 5.73 Å². The molecular weight excluding hydrogens is 216 g/mol. The van der Waals surface area contributed by atoms with Gasteiger partial charge in [0.15, 0.2) is 0 Å². The molecule has 0 spiro atoms. The summed E-state index contributed by atoms with van der Waals surface area (Å²) >= 11 is 1.93. The highest BCUT2D eigenvalue weighted by atomic mass is 32.2. The van der Waals surface area contributed by atoms with Gasteiger partial charge in [0, 0.05) is 23.1 Å². The zero-order chi connectivity index (χ0) is 11.4. The Morgan fingerprint density at radius 3 is 2.81 bits per heavy atom. The van der Waals surface area contributed by atoms with Gasteiger partial charge in [0.25, 0.3) is 0 Å². The summed E-state index contributed by atoms with van der Waals surface area (Å²) in [5.41, 5.74) is 7.16. The molecule has 0 radical (unpaired) electrons. The largest absolute Gasteiger partial charge is 0.324 e. The van der Waals surface area contributed by atoms with Gasteiger partial charge in [0.05, 0.1) is 0 Å². The lowest BCUT2D eigenvalue weighted by Gasteiger charge is -2.22. The summed E-state index contributed by atoms with van der Waals surface area (Å²) in [4.78, 5) is 4.48. The Kier molecular flexibility index (Phi) is 4.24. The Labute approximate surface area is 102 Å². The first-order valence-corrected chi connectivity index (χ1v) is 7.02. The van der Waals surface area contributed by atoms with E-state index in [1.165, 1.54) is 37.7 Å². The summed E-state index contributed by atoms with van der Waals surface area (Å²) < 4.78 is 0. The van der Waals surface area contributed by atoms with E-state index in [0.29, 0.717) is 0 Å². The highest BCUT2D eigenvalue weighted by Gasteiger charge is 2.17. The molecule has 0 saturated heterocycles. The van der Waals surface area contributed by atoms with E-state index in [4.69, 9.17) is 5.73 Å². The second kappa shape index (κ2) is 5.69. The minimum atomic E-state index is 0.0831. The fourth-order valence-corrected chi connectivity index (χ4v) is 3.59. The van der Waals surface area contributed by atoms with E-state index in [2.05, 4.69) is 11.1 Å². The number of rotatable bonds is 3. The third-order valence-electron chi connectivity index (χ3n) is 3.12. The maximum atomic E-state index is 5.97. The van der Waals surface area contributed by atoms with Crippen molar-refractivity contribution in [2.45, 2.75) is 55.3 Å². The molecule has 0 aliphatic heterocycles. The van der Waals surface area contributed by atoms with Gasteiger partial charge in [-0.2, -0.15) is 0 Å². The van der Waals surface area contributed by atoms with Gasteiger partial charge in [-0.05, 0) is 25.8 Å². The summed E-state index contributed by atoms with van der Waals surface area (Å²) in [7, 11) is 0. The molecule has 1 aliphatic carbocycles. The lowest BCUT2D eigenvalue weighted by atomic mass is 10.0. The molecule has 2 nitrogen and oxygen atoms in total. The molecule has 1 aromatic heterocycles. The minimum absolute atomic E-state index is 0.0831. The monoisotopic (exact) mass is 236 g/mol. The number of pyridine rings is 1. The summed E-state index contributed by atoms with van der Waals surface area (Å²) in [6, 6.07) is 4.16. The molecule has 1 fully saturated rings. The molecule has 2 N–H and O–H groups in total. The molecule has 0 bridgehead atoms. The van der Waals surface area contributed by atoms with E-state index >= 15 is 0 Å². The average Bonchev–Trinajstić information content (AvgIpc) is 2.31. The van der Waals surface area contributed by atoms with Gasteiger partial charge in [0.2, 0.25) is 0 Å². The number of aromatic nitrogens is 1. The third kappa shape index (κ3) is 2.98. The molecule has 88 valence electrons. The van der Waals surface area contributed by atoms with Crippen LogP contribution in [0.5, 0.6) is 0 Å². The molecule has 2 rings (SSSR count). The van der Waals surface area contributed by atoms with Crippen molar-refractivity contribution in [1.82, 2.24) is 4.98 Å². The van der Waals surface area contributed by atoms with E-state index < -0.39 is 0 Å². The summed E-state index contributed by atoms with van der Waals surface area (Å²) in [5.74, 6) is 0. The molecule has 0 amide bonds. The van der Waals surface area contributed by atoms with Crippen LogP contribution in [-0.2, 0) is 0 Å². The number of hydrogen-bond acceptors (Lipinski definition) is 3. The number of nitrogens with zero attached hydrogens (tertiary/aromatic N) is 1. The quantitative estimate of drug-likeness (QED) is 0.872. The minimum Gasteiger partial charge on any atom is -0.324 e. The van der Waals surface area contributed by atoms with Crippen LogP contribution < -0.4 is 5.73 Å². The zero-order valence-corrected chi connectivity index (χ0v) is 10.7. The maximum Gasteiger partial charge on any atom is 0.101 e. The molecule has 1 saturated carbocycles. The van der Waals surface area contributed by atoms with Crippen LogP contribution in [0.1, 0.15) is 50.6 Å². The van der Waals surface area contributed by atoms with Crippen LogP contribution in [0.4, 0.5) is 0 Å². The summed E-state index contributed by atoms with van der Waals surface area (Å²) in [6.45, 7) is 2.03. The zero-order valence-electron chi connectivity index (χ0n) is 9.86. The van der Waals surface area contributed by atoms with Gasteiger partial charge in [0.1, 0.15) is 5.03 Å². The fourth-order valence-electron chi connectivity index (χ4n) is 2.19. The van der Waals surface area contributed by atoms with Crippen molar-refractivity contribution in [1.29, 1.82) is 0 Å². The fraction of sp³-hybridized carbons (Fsp3) is 0.615. The molecule has 1 aliphatic rings. The Bertz CT molecular complexity index is 332. The standard InChI is InChI=1S/C13H20N2S/c1-10(14)12-8-5-9-15-13(12)16-11-6-3-2-4-7-11/h5,8-11H,2-4,6-7,14H2,1H3/t10-/m1/s1. The maximum absolute atomic E-state index is 5.97. The van der Waals surface area contributed by atoms with Crippen molar-refractivity contribution in [2.75, 3.05) is 0 Å². The normalized spacial score (nSPS) is 19.6. The molecule has 0 unspecified atom stereocenters. The first-order valence-electron chi connectivity index (χ1n) is 6.14. The molecule has 0 aromatic carbocycles. The topological polar surface area (TPSA) is 38.9 Å². The summed E-state index contributed by atoms with van der Waals surface area (Å²) in [6.07, 6.45) is 8.69. The second-order valence-corrected chi connectivity index (χ2v) is 5.85. The molecule has 1 aromatic rings. The second-order valence-electron chi connectivity index (χ2n) is 4.56.